The Morgan fingerprint density at radius 3 is 2.03 bits per heavy atom. The largest absolute Gasteiger partial charge is 0.297 e. The third kappa shape index (κ3) is 3.17. The van der Waals surface area contributed by atoms with Gasteiger partial charge < -0.3 is 0 Å². The van der Waals surface area contributed by atoms with Crippen LogP contribution in [0.15, 0.2) is 48.5 Å². The number of piperazine rings is 1. The Labute approximate surface area is 192 Å². The molecule has 0 radical (unpaired) electrons. The zero-order valence-electron chi connectivity index (χ0n) is 18.7. The molecule has 2 heterocycles. The predicted octanol–water partition coefficient (Wildman–Crippen LogP) is 4.16. The van der Waals surface area contributed by atoms with Gasteiger partial charge in [-0.15, -0.1) is 11.3 Å². The van der Waals surface area contributed by atoms with Crippen molar-refractivity contribution in [1.29, 1.82) is 0 Å². The van der Waals surface area contributed by atoms with E-state index in [1.165, 1.54) is 11.1 Å². The maximum absolute atomic E-state index is 13.9. The van der Waals surface area contributed by atoms with E-state index in [0.29, 0.717) is 29.9 Å². The van der Waals surface area contributed by atoms with Crippen LogP contribution in [0.3, 0.4) is 0 Å². The highest BCUT2D eigenvalue weighted by Gasteiger charge is 2.60. The third-order valence-electron chi connectivity index (χ3n) is 6.82. The van der Waals surface area contributed by atoms with Crippen molar-refractivity contribution in [3.8, 4) is 0 Å². The molecular weight excluding hydrogens is 418 g/mol. The number of fused-ring (bicyclic) bond motifs is 1. The summed E-state index contributed by atoms with van der Waals surface area (Å²) in [7, 11) is 0. The molecule has 1 aliphatic heterocycles. The van der Waals surface area contributed by atoms with Crippen LogP contribution in [0.5, 0.6) is 0 Å². The molecule has 1 fully saturated rings. The van der Waals surface area contributed by atoms with Gasteiger partial charge in [-0.3, -0.25) is 19.4 Å². The third-order valence-corrected chi connectivity index (χ3v) is 7.71. The van der Waals surface area contributed by atoms with Gasteiger partial charge in [0.05, 0.1) is 10.7 Å². The van der Waals surface area contributed by atoms with Crippen LogP contribution in [0.2, 0.25) is 0 Å². The number of carbonyl (C=O) groups is 2. The van der Waals surface area contributed by atoms with Gasteiger partial charge in [0.1, 0.15) is 0 Å². The first kappa shape index (κ1) is 21.2. The quantitative estimate of drug-likeness (QED) is 0.565. The molecule has 2 aliphatic rings. The summed E-state index contributed by atoms with van der Waals surface area (Å²) < 4.78 is 0. The van der Waals surface area contributed by atoms with Crippen LogP contribution >= 0.6 is 11.3 Å². The minimum Gasteiger partial charge on any atom is -0.297 e. The first-order valence-corrected chi connectivity index (χ1v) is 11.9. The smallest absolute Gasteiger partial charge is 0.198 e. The van der Waals surface area contributed by atoms with Crippen molar-refractivity contribution in [2.24, 2.45) is 0 Å². The van der Waals surface area contributed by atoms with E-state index in [-0.39, 0.29) is 11.6 Å². The van der Waals surface area contributed by atoms with E-state index in [9.17, 15) is 9.59 Å². The summed E-state index contributed by atoms with van der Waals surface area (Å²) in [6.45, 7) is 9.82. The number of benzene rings is 2. The number of carbonyl (C=O) groups excluding carboxylic acids is 2. The van der Waals surface area contributed by atoms with Gasteiger partial charge in [-0.05, 0) is 31.9 Å². The van der Waals surface area contributed by atoms with Crippen LogP contribution in [0.25, 0.3) is 0 Å². The van der Waals surface area contributed by atoms with E-state index in [2.05, 4.69) is 41.0 Å². The second kappa shape index (κ2) is 8.03. The zero-order chi connectivity index (χ0) is 22.5. The highest BCUT2D eigenvalue weighted by molar-refractivity contribution is 7.11. The second-order valence-corrected chi connectivity index (χ2v) is 10.1. The molecule has 2 aromatic carbocycles. The molecule has 0 N–H and O–H groups in total. The molecule has 1 aromatic heterocycles. The molecule has 0 spiro atoms. The average molecular weight is 446 g/mol. The number of ketones is 2. The number of Topliss-reactive ketones (excluding diaryl/α,β-unsaturated/α-hetero) is 2. The topological polar surface area (TPSA) is 53.5 Å². The lowest BCUT2D eigenvalue weighted by Crippen LogP contribution is -2.60. The average Bonchev–Trinajstić information content (AvgIpc) is 3.24. The standard InChI is InChI=1S/C26H27N3O2S/c1-17-8-4-5-9-20(17)16-28-12-14-29(15-13-28)26(23-18(2)32-19(3)27-23)24(30)21-10-6-7-11-22(21)25(26)31/h4-11H,12-16H2,1-3H3. The van der Waals surface area contributed by atoms with Crippen LogP contribution in [0.4, 0.5) is 0 Å². The number of hydrogen-bond donors (Lipinski definition) is 0. The van der Waals surface area contributed by atoms with E-state index in [0.717, 1.165) is 29.5 Å². The Hall–Kier alpha value is -2.67. The van der Waals surface area contributed by atoms with Crippen LogP contribution in [-0.2, 0) is 12.1 Å². The Kier molecular flexibility index (Phi) is 5.32. The zero-order valence-corrected chi connectivity index (χ0v) is 19.5. The molecule has 0 unspecified atom stereocenters. The van der Waals surface area contributed by atoms with E-state index in [1.807, 2.05) is 26.0 Å². The molecule has 6 heteroatoms. The normalized spacial score (nSPS) is 18.8. The molecule has 0 bridgehead atoms. The molecule has 1 saturated heterocycles. The highest BCUT2D eigenvalue weighted by Crippen LogP contribution is 2.44. The van der Waals surface area contributed by atoms with Gasteiger partial charge in [0.15, 0.2) is 17.1 Å². The fourth-order valence-electron chi connectivity index (χ4n) is 5.16. The molecule has 5 nitrogen and oxygen atoms in total. The summed E-state index contributed by atoms with van der Waals surface area (Å²) in [5.41, 5.74) is 2.93. The lowest BCUT2D eigenvalue weighted by atomic mass is 9.85. The van der Waals surface area contributed by atoms with Gasteiger partial charge in [-0.25, -0.2) is 4.98 Å². The van der Waals surface area contributed by atoms with Crippen molar-refractivity contribution in [2.75, 3.05) is 26.2 Å². The van der Waals surface area contributed by atoms with Gasteiger partial charge in [0.25, 0.3) is 0 Å². The van der Waals surface area contributed by atoms with Crippen molar-refractivity contribution in [2.45, 2.75) is 32.9 Å². The fraction of sp³-hybridized carbons (Fsp3) is 0.346. The summed E-state index contributed by atoms with van der Waals surface area (Å²) in [5, 5.41) is 0.881. The van der Waals surface area contributed by atoms with Gasteiger partial charge in [-0.2, -0.15) is 0 Å². The van der Waals surface area contributed by atoms with Gasteiger partial charge in [0, 0.05) is 48.7 Å². The summed E-state index contributed by atoms with van der Waals surface area (Å²) in [6, 6.07) is 15.7. The summed E-state index contributed by atoms with van der Waals surface area (Å²) in [5.74, 6) is -0.252. The minimum absolute atomic E-state index is 0.126. The lowest BCUT2D eigenvalue weighted by Gasteiger charge is -2.43. The van der Waals surface area contributed by atoms with Crippen LogP contribution in [0, 0.1) is 20.8 Å². The van der Waals surface area contributed by atoms with E-state index in [1.54, 1.807) is 23.5 Å². The highest BCUT2D eigenvalue weighted by atomic mass is 32.1. The molecule has 0 atom stereocenters. The Morgan fingerprint density at radius 1 is 0.875 bits per heavy atom. The molecule has 164 valence electrons. The van der Waals surface area contributed by atoms with Gasteiger partial charge in [0.2, 0.25) is 0 Å². The number of aryl methyl sites for hydroxylation is 3. The van der Waals surface area contributed by atoms with E-state index in [4.69, 9.17) is 4.98 Å². The number of nitrogens with zero attached hydrogens (tertiary/aromatic N) is 3. The predicted molar refractivity (Wildman–Crippen MR) is 126 cm³/mol. The van der Waals surface area contributed by atoms with E-state index < -0.39 is 5.54 Å². The number of thiazole rings is 1. The molecule has 32 heavy (non-hydrogen) atoms. The molecular formula is C26H27N3O2S. The van der Waals surface area contributed by atoms with Crippen molar-refractivity contribution >= 4 is 22.9 Å². The monoisotopic (exact) mass is 445 g/mol. The maximum Gasteiger partial charge on any atom is 0.198 e. The van der Waals surface area contributed by atoms with Crippen LogP contribution < -0.4 is 0 Å². The Balaban J connectivity index is 1.49. The first-order chi connectivity index (χ1) is 15.4. The summed E-state index contributed by atoms with van der Waals surface area (Å²) >= 11 is 1.55. The lowest BCUT2D eigenvalue weighted by molar-refractivity contribution is 0.0266. The number of aromatic nitrogens is 1. The van der Waals surface area contributed by atoms with Crippen molar-refractivity contribution in [3.63, 3.8) is 0 Å². The molecule has 0 amide bonds. The van der Waals surface area contributed by atoms with Crippen molar-refractivity contribution in [1.82, 2.24) is 14.8 Å². The molecule has 0 saturated carbocycles. The van der Waals surface area contributed by atoms with Crippen molar-refractivity contribution in [3.05, 3.63) is 86.4 Å². The SMILES string of the molecule is Cc1nc(C2(N3CCN(Cc4ccccc4C)CC3)C(=O)c3ccccc3C2=O)c(C)s1. The molecule has 5 rings (SSSR count). The Morgan fingerprint density at radius 2 is 1.47 bits per heavy atom. The summed E-state index contributed by atoms with van der Waals surface area (Å²) in [6.07, 6.45) is 0. The van der Waals surface area contributed by atoms with E-state index >= 15 is 0 Å². The van der Waals surface area contributed by atoms with Crippen LogP contribution in [0.1, 0.15) is 47.4 Å². The second-order valence-electron chi connectivity index (χ2n) is 8.74. The van der Waals surface area contributed by atoms with Crippen molar-refractivity contribution < 1.29 is 9.59 Å². The maximum atomic E-state index is 13.9. The van der Waals surface area contributed by atoms with Gasteiger partial charge >= 0.3 is 0 Å². The van der Waals surface area contributed by atoms with Gasteiger partial charge in [-0.1, -0.05) is 48.5 Å². The Bertz CT molecular complexity index is 1170. The molecule has 1 aliphatic carbocycles. The first-order valence-electron chi connectivity index (χ1n) is 11.1. The minimum atomic E-state index is -1.34. The molecule has 3 aromatic rings. The van der Waals surface area contributed by atoms with Crippen LogP contribution in [-0.4, -0.2) is 52.5 Å². The number of hydrogen-bond acceptors (Lipinski definition) is 6. The number of rotatable bonds is 4. The summed E-state index contributed by atoms with van der Waals surface area (Å²) in [4.78, 5) is 38.0. The fourth-order valence-corrected chi connectivity index (χ4v) is 6.03.